The van der Waals surface area contributed by atoms with Crippen molar-refractivity contribution in [3.05, 3.63) is 65.2 Å². The van der Waals surface area contributed by atoms with Gasteiger partial charge in [-0.1, -0.05) is 24.3 Å². The van der Waals surface area contributed by atoms with E-state index in [1.54, 1.807) is 4.90 Å². The number of amides is 1. The van der Waals surface area contributed by atoms with E-state index in [2.05, 4.69) is 34.9 Å². The quantitative estimate of drug-likeness (QED) is 0.719. The maximum atomic E-state index is 13.0. The normalized spacial score (nSPS) is 20.7. The topological polar surface area (TPSA) is 26.8 Å². The number of alkyl halides is 3. The highest BCUT2D eigenvalue weighted by atomic mass is 19.4. The minimum Gasteiger partial charge on any atom is -0.369 e. The highest BCUT2D eigenvalue weighted by Gasteiger charge is 2.33. The van der Waals surface area contributed by atoms with Crippen molar-refractivity contribution in [2.45, 2.75) is 32.0 Å². The summed E-state index contributed by atoms with van der Waals surface area (Å²) in [5, 5.41) is 0. The van der Waals surface area contributed by atoms with Crippen molar-refractivity contribution in [1.82, 2.24) is 9.80 Å². The predicted molar refractivity (Wildman–Crippen MR) is 115 cm³/mol. The molecule has 0 bridgehead atoms. The van der Waals surface area contributed by atoms with E-state index in [0.29, 0.717) is 13.1 Å². The Morgan fingerprint density at radius 3 is 2.42 bits per heavy atom. The maximum absolute atomic E-state index is 13.0. The number of carbonyl (C=O) groups excluding carboxylic acids is 1. The van der Waals surface area contributed by atoms with Crippen molar-refractivity contribution in [3.63, 3.8) is 0 Å². The summed E-state index contributed by atoms with van der Waals surface area (Å²) in [7, 11) is 0. The lowest BCUT2D eigenvalue weighted by Crippen LogP contribution is -2.56. The molecular weight excluding hydrogens is 403 g/mol. The third-order valence-corrected chi connectivity index (χ3v) is 6.41. The number of rotatable bonds is 3. The van der Waals surface area contributed by atoms with Crippen molar-refractivity contribution >= 4 is 11.6 Å². The number of piperidine rings is 1. The van der Waals surface area contributed by atoms with E-state index in [9.17, 15) is 18.0 Å². The Morgan fingerprint density at radius 2 is 1.71 bits per heavy atom. The predicted octanol–water partition coefficient (Wildman–Crippen LogP) is 4.44. The molecule has 4 rings (SSSR count). The summed E-state index contributed by atoms with van der Waals surface area (Å²) in [6.45, 7) is 7.00. The minimum absolute atomic E-state index is 0.111. The van der Waals surface area contributed by atoms with E-state index in [1.165, 1.54) is 23.4 Å². The number of benzene rings is 2. The second-order valence-corrected chi connectivity index (χ2v) is 8.44. The molecule has 7 heteroatoms. The van der Waals surface area contributed by atoms with Gasteiger partial charge in [0.1, 0.15) is 0 Å². The molecule has 166 valence electrons. The van der Waals surface area contributed by atoms with Gasteiger partial charge in [0.25, 0.3) is 5.91 Å². The average Bonchev–Trinajstić information content (AvgIpc) is 2.79. The molecule has 0 N–H and O–H groups in total. The van der Waals surface area contributed by atoms with Crippen molar-refractivity contribution in [2.24, 2.45) is 0 Å². The Morgan fingerprint density at radius 1 is 0.968 bits per heavy atom. The molecule has 2 fully saturated rings. The van der Waals surface area contributed by atoms with Gasteiger partial charge >= 0.3 is 6.18 Å². The van der Waals surface area contributed by atoms with E-state index < -0.39 is 11.7 Å². The molecule has 1 atom stereocenters. The molecule has 0 aromatic heterocycles. The van der Waals surface area contributed by atoms with Crippen LogP contribution in [0.4, 0.5) is 18.9 Å². The molecule has 0 saturated carbocycles. The first-order valence-corrected chi connectivity index (χ1v) is 10.8. The fraction of sp³-hybridized carbons (Fsp3) is 0.458. The van der Waals surface area contributed by atoms with Gasteiger partial charge in [-0.2, -0.15) is 13.2 Å². The average molecular weight is 432 g/mol. The van der Waals surface area contributed by atoms with Gasteiger partial charge in [-0.3, -0.25) is 9.69 Å². The van der Waals surface area contributed by atoms with Gasteiger partial charge in [0.05, 0.1) is 5.56 Å². The van der Waals surface area contributed by atoms with Gasteiger partial charge in [-0.25, -0.2) is 0 Å². The van der Waals surface area contributed by atoms with Crippen LogP contribution in [0.1, 0.15) is 34.3 Å². The third-order valence-electron chi connectivity index (χ3n) is 6.41. The number of hydrogen-bond donors (Lipinski definition) is 0. The van der Waals surface area contributed by atoms with E-state index in [4.69, 9.17) is 0 Å². The van der Waals surface area contributed by atoms with Crippen molar-refractivity contribution in [2.75, 3.05) is 44.2 Å². The van der Waals surface area contributed by atoms with Crippen LogP contribution in [0.5, 0.6) is 0 Å². The first kappa shape index (κ1) is 21.7. The summed E-state index contributed by atoms with van der Waals surface area (Å²) in [5.41, 5.74) is 1.87. The van der Waals surface area contributed by atoms with E-state index in [0.717, 1.165) is 51.2 Å². The lowest BCUT2D eigenvalue weighted by Gasteiger charge is -2.44. The fourth-order valence-electron chi connectivity index (χ4n) is 4.69. The second-order valence-electron chi connectivity index (χ2n) is 8.44. The molecule has 2 saturated heterocycles. The molecular formula is C24H28F3N3O. The maximum Gasteiger partial charge on any atom is 0.416 e. The molecule has 2 aromatic rings. The molecule has 1 amide bonds. The molecule has 31 heavy (non-hydrogen) atoms. The smallest absolute Gasteiger partial charge is 0.369 e. The molecule has 1 unspecified atom stereocenters. The second kappa shape index (κ2) is 8.91. The van der Waals surface area contributed by atoms with Crippen LogP contribution in [0.2, 0.25) is 0 Å². The van der Waals surface area contributed by atoms with Crippen LogP contribution in [0, 0.1) is 6.92 Å². The zero-order valence-electron chi connectivity index (χ0n) is 17.7. The molecule has 2 heterocycles. The van der Waals surface area contributed by atoms with Gasteiger partial charge in [-0.05, 0) is 49.6 Å². The van der Waals surface area contributed by atoms with Crippen molar-refractivity contribution in [1.29, 1.82) is 0 Å². The van der Waals surface area contributed by atoms with Crippen LogP contribution in [0.15, 0.2) is 48.5 Å². The van der Waals surface area contributed by atoms with Gasteiger partial charge in [0.2, 0.25) is 0 Å². The van der Waals surface area contributed by atoms with Crippen LogP contribution < -0.4 is 4.90 Å². The number of piperazine rings is 1. The summed E-state index contributed by atoms with van der Waals surface area (Å²) in [6.07, 6.45) is -2.57. The third kappa shape index (κ3) is 4.87. The number of carbonyl (C=O) groups is 1. The number of aryl methyl sites for hydroxylation is 1. The zero-order valence-corrected chi connectivity index (χ0v) is 17.7. The van der Waals surface area contributed by atoms with E-state index >= 15 is 0 Å². The van der Waals surface area contributed by atoms with Crippen LogP contribution in [0.3, 0.4) is 0 Å². The highest BCUT2D eigenvalue weighted by Crippen LogP contribution is 2.30. The Kier molecular flexibility index (Phi) is 6.23. The van der Waals surface area contributed by atoms with Gasteiger partial charge in [0.15, 0.2) is 0 Å². The lowest BCUT2D eigenvalue weighted by atomic mass is 10.0. The van der Waals surface area contributed by atoms with Crippen molar-refractivity contribution in [3.8, 4) is 0 Å². The Labute approximate surface area is 181 Å². The number of nitrogens with zero attached hydrogens (tertiary/aromatic N) is 3. The van der Waals surface area contributed by atoms with E-state index in [-0.39, 0.29) is 17.5 Å². The highest BCUT2D eigenvalue weighted by molar-refractivity contribution is 5.94. The van der Waals surface area contributed by atoms with Gasteiger partial charge in [0, 0.05) is 56.6 Å². The largest absolute Gasteiger partial charge is 0.416 e. The molecule has 0 aliphatic carbocycles. The first-order chi connectivity index (χ1) is 14.8. The Balaban J connectivity index is 1.38. The standard InChI is InChI=1S/C24H28F3N3O/c1-18-6-2-3-10-22(18)29-14-12-28(13-15-29)21-9-5-11-30(17-21)23(31)19-7-4-8-20(16-19)24(25,26)27/h2-4,6-8,10,16,21H,5,9,11-15,17H2,1H3. The van der Waals surface area contributed by atoms with Crippen LogP contribution in [0.25, 0.3) is 0 Å². The lowest BCUT2D eigenvalue weighted by molar-refractivity contribution is -0.137. The summed E-state index contributed by atoms with van der Waals surface area (Å²) < 4.78 is 39.1. The molecule has 0 radical (unpaired) electrons. The minimum atomic E-state index is -4.45. The number of anilines is 1. The van der Waals surface area contributed by atoms with Crippen LogP contribution in [-0.2, 0) is 6.18 Å². The summed E-state index contributed by atoms with van der Waals surface area (Å²) in [4.78, 5) is 19.5. The summed E-state index contributed by atoms with van der Waals surface area (Å²) in [6, 6.07) is 13.4. The summed E-state index contributed by atoms with van der Waals surface area (Å²) >= 11 is 0. The number of hydrogen-bond acceptors (Lipinski definition) is 3. The molecule has 4 nitrogen and oxygen atoms in total. The number of para-hydroxylation sites is 1. The van der Waals surface area contributed by atoms with Gasteiger partial charge < -0.3 is 9.80 Å². The van der Waals surface area contributed by atoms with Crippen LogP contribution in [-0.4, -0.2) is 61.0 Å². The van der Waals surface area contributed by atoms with Gasteiger partial charge in [-0.15, -0.1) is 0 Å². The number of halogens is 3. The Hall–Kier alpha value is -2.54. The van der Waals surface area contributed by atoms with Crippen molar-refractivity contribution < 1.29 is 18.0 Å². The fourth-order valence-corrected chi connectivity index (χ4v) is 4.69. The van der Waals surface area contributed by atoms with Crippen LogP contribution >= 0.6 is 0 Å². The Bertz CT molecular complexity index is 922. The summed E-state index contributed by atoms with van der Waals surface area (Å²) in [5.74, 6) is -0.311. The monoisotopic (exact) mass is 431 g/mol. The first-order valence-electron chi connectivity index (χ1n) is 10.8. The SMILES string of the molecule is Cc1ccccc1N1CCN(C2CCCN(C(=O)c3cccc(C(F)(F)F)c3)C2)CC1. The molecule has 0 spiro atoms. The van der Waals surface area contributed by atoms with E-state index in [1.807, 2.05) is 6.07 Å². The molecule has 2 aromatic carbocycles. The molecule has 2 aliphatic heterocycles. The zero-order chi connectivity index (χ0) is 22.0. The number of likely N-dealkylation sites (tertiary alicyclic amines) is 1. The molecule has 2 aliphatic rings.